The van der Waals surface area contributed by atoms with Crippen molar-refractivity contribution in [2.45, 2.75) is 65.2 Å². The molecular formula is C17H32N2O. The van der Waals surface area contributed by atoms with E-state index in [-0.39, 0.29) is 5.91 Å². The molecule has 1 saturated carbocycles. The number of carbonyl (C=O) groups is 1. The summed E-state index contributed by atoms with van der Waals surface area (Å²) in [6, 6.07) is 0. The van der Waals surface area contributed by atoms with Crippen LogP contribution in [-0.4, -0.2) is 25.5 Å². The minimum Gasteiger partial charge on any atom is -0.356 e. The summed E-state index contributed by atoms with van der Waals surface area (Å²) in [5.41, 5.74) is 0.301. The van der Waals surface area contributed by atoms with Crippen molar-refractivity contribution in [1.29, 1.82) is 0 Å². The van der Waals surface area contributed by atoms with E-state index in [1.807, 2.05) is 0 Å². The standard InChI is InChI=1S/C17H32N2O/c1-14(15-6-4-3-5-7-15)12-16(20)19-13-17(2)8-10-18-11-9-17/h14-15,18H,3-13H2,1-2H3,(H,19,20). The molecule has 0 aromatic rings. The highest BCUT2D eigenvalue weighted by Crippen LogP contribution is 2.31. The van der Waals surface area contributed by atoms with Crippen molar-refractivity contribution in [3.05, 3.63) is 0 Å². The smallest absolute Gasteiger partial charge is 0.220 e. The van der Waals surface area contributed by atoms with Gasteiger partial charge in [0, 0.05) is 13.0 Å². The van der Waals surface area contributed by atoms with E-state index in [1.54, 1.807) is 0 Å². The maximum atomic E-state index is 12.2. The van der Waals surface area contributed by atoms with Crippen molar-refractivity contribution >= 4 is 5.91 Å². The van der Waals surface area contributed by atoms with E-state index in [0.29, 0.717) is 11.3 Å². The first-order valence-corrected chi connectivity index (χ1v) is 8.56. The molecule has 3 nitrogen and oxygen atoms in total. The van der Waals surface area contributed by atoms with Gasteiger partial charge in [-0.3, -0.25) is 4.79 Å². The highest BCUT2D eigenvalue weighted by molar-refractivity contribution is 5.76. The maximum Gasteiger partial charge on any atom is 0.220 e. The molecule has 0 spiro atoms. The molecule has 2 rings (SSSR count). The Bertz CT molecular complexity index is 304. The van der Waals surface area contributed by atoms with Crippen molar-refractivity contribution in [1.82, 2.24) is 10.6 Å². The summed E-state index contributed by atoms with van der Waals surface area (Å²) in [5, 5.41) is 6.59. The topological polar surface area (TPSA) is 41.1 Å². The van der Waals surface area contributed by atoms with Crippen LogP contribution in [0.1, 0.15) is 65.2 Å². The first-order valence-electron chi connectivity index (χ1n) is 8.56. The van der Waals surface area contributed by atoms with E-state index in [9.17, 15) is 4.79 Å². The third-order valence-electron chi connectivity index (χ3n) is 5.48. The van der Waals surface area contributed by atoms with Gasteiger partial charge >= 0.3 is 0 Å². The Labute approximate surface area is 124 Å². The molecule has 20 heavy (non-hydrogen) atoms. The van der Waals surface area contributed by atoms with E-state index in [1.165, 1.54) is 44.9 Å². The Morgan fingerprint density at radius 2 is 1.90 bits per heavy atom. The fraction of sp³-hybridized carbons (Fsp3) is 0.941. The first kappa shape index (κ1) is 15.8. The van der Waals surface area contributed by atoms with Crippen LogP contribution in [0.2, 0.25) is 0 Å². The minimum atomic E-state index is 0.267. The molecule has 1 amide bonds. The SMILES string of the molecule is CC(CC(=O)NCC1(C)CCNCC1)C1CCCCC1. The molecule has 0 bridgehead atoms. The molecule has 3 heteroatoms. The number of hydrogen-bond donors (Lipinski definition) is 2. The lowest BCUT2D eigenvalue weighted by molar-refractivity contribution is -0.123. The summed E-state index contributed by atoms with van der Waals surface area (Å²) >= 11 is 0. The normalized spacial score (nSPS) is 25.1. The molecule has 2 N–H and O–H groups in total. The van der Waals surface area contributed by atoms with Crippen LogP contribution in [0, 0.1) is 17.3 Å². The van der Waals surface area contributed by atoms with E-state index in [4.69, 9.17) is 0 Å². The second-order valence-electron chi connectivity index (χ2n) is 7.42. The van der Waals surface area contributed by atoms with Crippen LogP contribution >= 0.6 is 0 Å². The number of carbonyl (C=O) groups excluding carboxylic acids is 1. The molecule has 1 aliphatic carbocycles. The molecule has 1 saturated heterocycles. The van der Waals surface area contributed by atoms with E-state index >= 15 is 0 Å². The highest BCUT2D eigenvalue weighted by Gasteiger charge is 2.28. The van der Waals surface area contributed by atoms with E-state index < -0.39 is 0 Å². The summed E-state index contributed by atoms with van der Waals surface area (Å²) in [4.78, 5) is 12.2. The molecule has 2 aliphatic rings. The molecule has 2 fully saturated rings. The van der Waals surface area contributed by atoms with Gasteiger partial charge in [-0.05, 0) is 43.2 Å². The number of amides is 1. The van der Waals surface area contributed by atoms with Gasteiger partial charge in [0.1, 0.15) is 0 Å². The van der Waals surface area contributed by atoms with Crippen molar-refractivity contribution in [2.24, 2.45) is 17.3 Å². The summed E-state index contributed by atoms with van der Waals surface area (Å²) in [6.07, 6.45) is 9.84. The predicted molar refractivity (Wildman–Crippen MR) is 83.6 cm³/mol. The number of nitrogens with one attached hydrogen (secondary N) is 2. The quantitative estimate of drug-likeness (QED) is 0.812. The van der Waals surface area contributed by atoms with Gasteiger partial charge in [-0.1, -0.05) is 46.0 Å². The molecule has 0 aromatic carbocycles. The average Bonchev–Trinajstić information content (AvgIpc) is 2.47. The van der Waals surface area contributed by atoms with E-state index in [2.05, 4.69) is 24.5 Å². The average molecular weight is 280 g/mol. The summed E-state index contributed by atoms with van der Waals surface area (Å²) < 4.78 is 0. The summed E-state index contributed by atoms with van der Waals surface area (Å²) in [6.45, 7) is 7.60. The number of piperidine rings is 1. The van der Waals surface area contributed by atoms with Gasteiger partial charge in [-0.15, -0.1) is 0 Å². The molecule has 0 aromatic heterocycles. The van der Waals surface area contributed by atoms with Gasteiger partial charge in [0.05, 0.1) is 0 Å². The second-order valence-corrected chi connectivity index (χ2v) is 7.42. The van der Waals surface area contributed by atoms with Crippen LogP contribution in [0.3, 0.4) is 0 Å². The van der Waals surface area contributed by atoms with Crippen molar-refractivity contribution in [3.8, 4) is 0 Å². The third-order valence-corrected chi connectivity index (χ3v) is 5.48. The molecule has 1 unspecified atom stereocenters. The van der Waals surface area contributed by atoms with Crippen LogP contribution in [0.5, 0.6) is 0 Å². The van der Waals surface area contributed by atoms with Crippen LogP contribution < -0.4 is 10.6 Å². The van der Waals surface area contributed by atoms with E-state index in [0.717, 1.165) is 32.0 Å². The van der Waals surface area contributed by atoms with Gasteiger partial charge < -0.3 is 10.6 Å². The lowest BCUT2D eigenvalue weighted by Crippen LogP contribution is -2.43. The monoisotopic (exact) mass is 280 g/mol. The first-order chi connectivity index (χ1) is 9.59. The van der Waals surface area contributed by atoms with Crippen LogP contribution in [-0.2, 0) is 4.79 Å². The largest absolute Gasteiger partial charge is 0.356 e. The third kappa shape index (κ3) is 4.76. The molecule has 116 valence electrons. The predicted octanol–water partition coefficient (Wildman–Crippen LogP) is 3.10. The Balaban J connectivity index is 1.69. The lowest BCUT2D eigenvalue weighted by atomic mass is 9.79. The minimum absolute atomic E-state index is 0.267. The molecular weight excluding hydrogens is 248 g/mol. The maximum absolute atomic E-state index is 12.2. The van der Waals surface area contributed by atoms with Gasteiger partial charge in [0.25, 0.3) is 0 Å². The molecule has 1 atom stereocenters. The fourth-order valence-corrected chi connectivity index (χ4v) is 3.75. The Morgan fingerprint density at radius 3 is 2.55 bits per heavy atom. The number of rotatable bonds is 5. The van der Waals surface area contributed by atoms with Crippen molar-refractivity contribution in [3.63, 3.8) is 0 Å². The van der Waals surface area contributed by atoms with Crippen LogP contribution in [0.15, 0.2) is 0 Å². The van der Waals surface area contributed by atoms with Crippen LogP contribution in [0.4, 0.5) is 0 Å². The number of hydrogen-bond acceptors (Lipinski definition) is 2. The summed E-state index contributed by atoms with van der Waals surface area (Å²) in [5.74, 6) is 1.60. The summed E-state index contributed by atoms with van der Waals surface area (Å²) in [7, 11) is 0. The Hall–Kier alpha value is -0.570. The fourth-order valence-electron chi connectivity index (χ4n) is 3.75. The Morgan fingerprint density at radius 1 is 1.25 bits per heavy atom. The molecule has 1 heterocycles. The molecule has 0 radical (unpaired) electrons. The zero-order valence-corrected chi connectivity index (χ0v) is 13.3. The molecule has 1 aliphatic heterocycles. The van der Waals surface area contributed by atoms with Gasteiger partial charge in [-0.25, -0.2) is 0 Å². The van der Waals surface area contributed by atoms with Gasteiger partial charge in [0.15, 0.2) is 0 Å². The zero-order valence-electron chi connectivity index (χ0n) is 13.3. The van der Waals surface area contributed by atoms with Crippen LogP contribution in [0.25, 0.3) is 0 Å². The van der Waals surface area contributed by atoms with Crippen molar-refractivity contribution < 1.29 is 4.79 Å². The van der Waals surface area contributed by atoms with Gasteiger partial charge in [0.2, 0.25) is 5.91 Å². The lowest BCUT2D eigenvalue weighted by Gasteiger charge is -2.34. The highest BCUT2D eigenvalue weighted by atomic mass is 16.1. The Kier molecular flexibility index (Phi) is 5.88. The van der Waals surface area contributed by atoms with Gasteiger partial charge in [-0.2, -0.15) is 0 Å². The zero-order chi connectivity index (χ0) is 14.4. The second kappa shape index (κ2) is 7.44. The van der Waals surface area contributed by atoms with Crippen molar-refractivity contribution in [2.75, 3.05) is 19.6 Å².